The quantitative estimate of drug-likeness (QED) is 0.722. The molecule has 5 nitrogen and oxygen atoms in total. The molecule has 14 heavy (non-hydrogen) atoms. The third kappa shape index (κ3) is 1.60. The molecule has 0 aromatic carbocycles. The molecular weight excluding hydrogens is 204 g/mol. The molecule has 0 bridgehead atoms. The second kappa shape index (κ2) is 3.25. The smallest absolute Gasteiger partial charge is 0.269 e. The zero-order valence-corrected chi connectivity index (χ0v) is 8.45. The predicted octanol–water partition coefficient (Wildman–Crippen LogP) is -0.0971. The lowest BCUT2D eigenvalue weighted by molar-refractivity contribution is 0.0942. The number of hydrogen-bond acceptors (Lipinski definition) is 3. The van der Waals surface area contributed by atoms with Crippen LogP contribution in [0.4, 0.5) is 0 Å². The molecule has 3 N–H and O–H groups in total. The van der Waals surface area contributed by atoms with Gasteiger partial charge in [-0.2, -0.15) is 0 Å². The number of aromatic nitrogens is 2. The number of nitrogens with zero attached hydrogens (tertiary/aromatic N) is 2. The van der Waals surface area contributed by atoms with E-state index in [4.69, 9.17) is 17.3 Å². The average molecular weight is 215 g/mol. The van der Waals surface area contributed by atoms with Crippen LogP contribution in [0.1, 0.15) is 16.9 Å². The van der Waals surface area contributed by atoms with Crippen LogP contribution in [-0.4, -0.2) is 27.5 Å². The van der Waals surface area contributed by atoms with Gasteiger partial charge in [0.25, 0.3) is 5.91 Å². The highest BCUT2D eigenvalue weighted by Gasteiger charge is 2.35. The molecule has 2 atom stereocenters. The van der Waals surface area contributed by atoms with Crippen LogP contribution in [0, 0.1) is 0 Å². The van der Waals surface area contributed by atoms with Crippen LogP contribution in [0.25, 0.3) is 0 Å². The number of rotatable bonds is 2. The Kier molecular flexibility index (Phi) is 2.20. The maximum Gasteiger partial charge on any atom is 0.269 e. The largest absolute Gasteiger partial charge is 0.346 e. The zero-order valence-electron chi connectivity index (χ0n) is 7.70. The summed E-state index contributed by atoms with van der Waals surface area (Å²) in [6, 6.07) is 0.207. The van der Waals surface area contributed by atoms with Gasteiger partial charge in [-0.3, -0.25) is 4.79 Å². The maximum absolute atomic E-state index is 11.6. The Labute approximate surface area is 86.2 Å². The molecule has 76 valence electrons. The van der Waals surface area contributed by atoms with Crippen molar-refractivity contribution < 1.29 is 4.79 Å². The van der Waals surface area contributed by atoms with Crippen LogP contribution < -0.4 is 11.1 Å². The Morgan fingerprint density at radius 2 is 2.50 bits per heavy atom. The monoisotopic (exact) mass is 214 g/mol. The van der Waals surface area contributed by atoms with Gasteiger partial charge in [-0.25, -0.2) is 4.98 Å². The van der Waals surface area contributed by atoms with Gasteiger partial charge in [-0.15, -0.1) is 0 Å². The van der Waals surface area contributed by atoms with Crippen molar-refractivity contribution >= 4 is 17.5 Å². The van der Waals surface area contributed by atoms with E-state index in [1.165, 1.54) is 10.8 Å². The Morgan fingerprint density at radius 3 is 2.93 bits per heavy atom. The number of hydrogen-bond donors (Lipinski definition) is 2. The highest BCUT2D eigenvalue weighted by Crippen LogP contribution is 2.18. The van der Waals surface area contributed by atoms with Crippen LogP contribution >= 0.6 is 11.6 Å². The Hall–Kier alpha value is -1.07. The minimum atomic E-state index is -0.176. The lowest BCUT2D eigenvalue weighted by Gasteiger charge is -2.03. The minimum absolute atomic E-state index is 0.0997. The molecule has 0 radical (unpaired) electrons. The number of imidazole rings is 1. The summed E-state index contributed by atoms with van der Waals surface area (Å²) in [6.07, 6.45) is 2.29. The van der Waals surface area contributed by atoms with Crippen molar-refractivity contribution in [1.29, 1.82) is 0 Å². The summed E-state index contributed by atoms with van der Waals surface area (Å²) in [5.41, 5.74) is 6.03. The first-order valence-corrected chi connectivity index (χ1v) is 4.71. The third-order valence-corrected chi connectivity index (χ3v) is 2.67. The first-order valence-electron chi connectivity index (χ1n) is 4.33. The average Bonchev–Trinajstić information content (AvgIpc) is 2.70. The summed E-state index contributed by atoms with van der Waals surface area (Å²) in [7, 11) is 1.69. The normalized spacial score (nSPS) is 24.8. The number of halogens is 1. The Balaban J connectivity index is 2.07. The molecule has 2 rings (SSSR count). The second-order valence-corrected chi connectivity index (χ2v) is 3.79. The van der Waals surface area contributed by atoms with Crippen molar-refractivity contribution in [2.24, 2.45) is 12.8 Å². The lowest BCUT2D eigenvalue weighted by atomic mass is 10.4. The van der Waals surface area contributed by atoms with Gasteiger partial charge in [-0.1, -0.05) is 0 Å². The van der Waals surface area contributed by atoms with E-state index in [0.29, 0.717) is 11.0 Å². The molecule has 1 aliphatic carbocycles. The predicted molar refractivity (Wildman–Crippen MR) is 52.1 cm³/mol. The molecule has 1 heterocycles. The topological polar surface area (TPSA) is 72.9 Å². The molecule has 1 saturated carbocycles. The molecule has 1 aromatic heterocycles. The van der Waals surface area contributed by atoms with E-state index >= 15 is 0 Å². The minimum Gasteiger partial charge on any atom is -0.346 e. The SMILES string of the molecule is Cn1c(C(=O)NC2CC2N)cnc1Cl. The molecule has 2 unspecified atom stereocenters. The van der Waals surface area contributed by atoms with Gasteiger partial charge in [-0.05, 0) is 18.0 Å². The maximum atomic E-state index is 11.6. The number of nitrogens with two attached hydrogens (primary N) is 1. The summed E-state index contributed by atoms with van der Waals surface area (Å²) in [4.78, 5) is 15.4. The van der Waals surface area contributed by atoms with Gasteiger partial charge < -0.3 is 15.6 Å². The van der Waals surface area contributed by atoms with Gasteiger partial charge in [0.2, 0.25) is 5.28 Å². The van der Waals surface area contributed by atoms with Gasteiger partial charge >= 0.3 is 0 Å². The number of carbonyl (C=O) groups excluding carboxylic acids is 1. The van der Waals surface area contributed by atoms with Gasteiger partial charge in [0.1, 0.15) is 5.69 Å². The fourth-order valence-corrected chi connectivity index (χ4v) is 1.36. The Bertz CT molecular complexity index is 375. The van der Waals surface area contributed by atoms with Crippen molar-refractivity contribution in [3.05, 3.63) is 17.2 Å². The number of nitrogens with one attached hydrogen (secondary N) is 1. The van der Waals surface area contributed by atoms with Crippen LogP contribution in [0.15, 0.2) is 6.20 Å². The van der Waals surface area contributed by atoms with E-state index in [0.717, 1.165) is 6.42 Å². The molecule has 6 heteroatoms. The van der Waals surface area contributed by atoms with E-state index in [1.807, 2.05) is 0 Å². The summed E-state index contributed by atoms with van der Waals surface area (Å²) >= 11 is 5.70. The molecule has 0 aliphatic heterocycles. The van der Waals surface area contributed by atoms with Crippen molar-refractivity contribution in [2.75, 3.05) is 0 Å². The first kappa shape index (κ1) is 9.48. The summed E-state index contributed by atoms with van der Waals surface area (Å²) in [5.74, 6) is -0.176. The van der Waals surface area contributed by atoms with E-state index in [-0.39, 0.29) is 18.0 Å². The van der Waals surface area contributed by atoms with Crippen LogP contribution in [0.2, 0.25) is 5.28 Å². The number of amides is 1. The number of carbonyl (C=O) groups is 1. The van der Waals surface area contributed by atoms with Crippen LogP contribution in [-0.2, 0) is 7.05 Å². The van der Waals surface area contributed by atoms with Gasteiger partial charge in [0.05, 0.1) is 6.20 Å². The highest BCUT2D eigenvalue weighted by atomic mass is 35.5. The van der Waals surface area contributed by atoms with Crippen molar-refractivity contribution in [1.82, 2.24) is 14.9 Å². The Morgan fingerprint density at radius 1 is 1.86 bits per heavy atom. The van der Waals surface area contributed by atoms with E-state index in [2.05, 4.69) is 10.3 Å². The fraction of sp³-hybridized carbons (Fsp3) is 0.500. The van der Waals surface area contributed by atoms with Gasteiger partial charge in [0, 0.05) is 19.1 Å². The fourth-order valence-electron chi connectivity index (χ4n) is 1.22. The van der Waals surface area contributed by atoms with Gasteiger partial charge in [0.15, 0.2) is 0 Å². The van der Waals surface area contributed by atoms with Crippen molar-refractivity contribution in [3.8, 4) is 0 Å². The molecule has 1 fully saturated rings. The molecular formula is C8H11ClN4O. The molecule has 1 amide bonds. The van der Waals surface area contributed by atoms with Crippen molar-refractivity contribution in [3.63, 3.8) is 0 Å². The zero-order chi connectivity index (χ0) is 10.3. The molecule has 1 aliphatic rings. The first-order chi connectivity index (χ1) is 6.59. The highest BCUT2D eigenvalue weighted by molar-refractivity contribution is 6.28. The molecule has 1 aromatic rings. The van der Waals surface area contributed by atoms with Crippen molar-refractivity contribution in [2.45, 2.75) is 18.5 Å². The van der Waals surface area contributed by atoms with E-state index in [9.17, 15) is 4.79 Å². The van der Waals surface area contributed by atoms with E-state index in [1.54, 1.807) is 7.05 Å². The summed E-state index contributed by atoms with van der Waals surface area (Å²) < 4.78 is 1.53. The lowest BCUT2D eigenvalue weighted by Crippen LogP contribution is -2.30. The second-order valence-electron chi connectivity index (χ2n) is 3.45. The standard InChI is InChI=1S/C8H11ClN4O/c1-13-6(3-11-8(13)9)7(14)12-5-2-4(5)10/h3-5H,2,10H2,1H3,(H,12,14). The molecule has 0 spiro atoms. The summed E-state index contributed by atoms with van der Waals surface area (Å²) in [6.45, 7) is 0. The molecule has 0 saturated heterocycles. The van der Waals surface area contributed by atoms with Crippen LogP contribution in [0.5, 0.6) is 0 Å². The third-order valence-electron chi connectivity index (χ3n) is 2.32. The summed E-state index contributed by atoms with van der Waals surface area (Å²) in [5, 5.41) is 3.09. The van der Waals surface area contributed by atoms with Crippen LogP contribution in [0.3, 0.4) is 0 Å². The van der Waals surface area contributed by atoms with E-state index < -0.39 is 0 Å².